The molecule has 1 aliphatic rings. The van der Waals surface area contributed by atoms with Crippen molar-refractivity contribution in [1.29, 1.82) is 0 Å². The number of esters is 1. The molecular weight excluding hydrogens is 280 g/mol. The highest BCUT2D eigenvalue weighted by molar-refractivity contribution is 5.69. The maximum Gasteiger partial charge on any atom is 0.305 e. The van der Waals surface area contributed by atoms with Crippen LogP contribution in [0.2, 0.25) is 0 Å². The van der Waals surface area contributed by atoms with E-state index < -0.39 is 0 Å². The van der Waals surface area contributed by atoms with Gasteiger partial charge < -0.3 is 14.2 Å². The lowest BCUT2D eigenvalue weighted by Crippen LogP contribution is -2.21. The quantitative estimate of drug-likeness (QED) is 0.305. The highest BCUT2D eigenvalue weighted by Gasteiger charge is 2.26. The Morgan fingerprint density at radius 1 is 1.18 bits per heavy atom. The molecule has 0 amide bonds. The summed E-state index contributed by atoms with van der Waals surface area (Å²) >= 11 is 0. The second kappa shape index (κ2) is 12.7. The lowest BCUT2D eigenvalue weighted by atomic mass is 10.1. The SMILES string of the molecule is CC/C=C\CCC1OCC(COC(=O)CCCCCCC)O1. The van der Waals surface area contributed by atoms with Gasteiger partial charge in [0.2, 0.25) is 0 Å². The molecule has 0 bridgehead atoms. The third-order valence-electron chi connectivity index (χ3n) is 3.70. The number of ether oxygens (including phenoxy) is 3. The molecule has 2 unspecified atom stereocenters. The minimum absolute atomic E-state index is 0.107. The lowest BCUT2D eigenvalue weighted by molar-refractivity contribution is -0.148. The summed E-state index contributed by atoms with van der Waals surface area (Å²) in [6.07, 6.45) is 13.1. The van der Waals surface area contributed by atoms with Gasteiger partial charge in [-0.15, -0.1) is 0 Å². The van der Waals surface area contributed by atoms with E-state index in [4.69, 9.17) is 14.2 Å². The van der Waals surface area contributed by atoms with Crippen LogP contribution in [0.5, 0.6) is 0 Å². The van der Waals surface area contributed by atoms with E-state index in [0.29, 0.717) is 19.6 Å². The van der Waals surface area contributed by atoms with Crippen molar-refractivity contribution >= 4 is 5.97 Å². The number of hydrogen-bond acceptors (Lipinski definition) is 4. The highest BCUT2D eigenvalue weighted by atomic mass is 16.7. The first kappa shape index (κ1) is 19.2. The van der Waals surface area contributed by atoms with E-state index in [1.165, 1.54) is 19.3 Å². The summed E-state index contributed by atoms with van der Waals surface area (Å²) in [5, 5.41) is 0. The van der Waals surface area contributed by atoms with Crippen LogP contribution in [0.25, 0.3) is 0 Å². The van der Waals surface area contributed by atoms with Gasteiger partial charge in [-0.05, 0) is 19.3 Å². The first-order valence-electron chi connectivity index (χ1n) is 8.84. The van der Waals surface area contributed by atoms with Crippen molar-refractivity contribution in [3.8, 4) is 0 Å². The molecule has 0 saturated carbocycles. The fourth-order valence-electron chi connectivity index (χ4n) is 2.39. The summed E-state index contributed by atoms with van der Waals surface area (Å²) < 4.78 is 16.5. The first-order chi connectivity index (χ1) is 10.8. The Balaban J connectivity index is 2.01. The van der Waals surface area contributed by atoms with Gasteiger partial charge in [0.15, 0.2) is 6.29 Å². The van der Waals surface area contributed by atoms with Crippen molar-refractivity contribution in [3.05, 3.63) is 12.2 Å². The van der Waals surface area contributed by atoms with Crippen LogP contribution in [-0.4, -0.2) is 31.6 Å². The Hall–Kier alpha value is -0.870. The van der Waals surface area contributed by atoms with Crippen LogP contribution in [0.15, 0.2) is 12.2 Å². The predicted molar refractivity (Wildman–Crippen MR) is 87.6 cm³/mol. The molecule has 1 saturated heterocycles. The zero-order valence-electron chi connectivity index (χ0n) is 14.2. The Bertz CT molecular complexity index is 314. The Morgan fingerprint density at radius 2 is 2.00 bits per heavy atom. The molecule has 128 valence electrons. The van der Waals surface area contributed by atoms with E-state index in [1.54, 1.807) is 0 Å². The summed E-state index contributed by atoms with van der Waals surface area (Å²) in [4.78, 5) is 11.6. The van der Waals surface area contributed by atoms with E-state index in [-0.39, 0.29) is 18.4 Å². The highest BCUT2D eigenvalue weighted by Crippen LogP contribution is 2.17. The summed E-state index contributed by atoms with van der Waals surface area (Å²) in [6, 6.07) is 0. The van der Waals surface area contributed by atoms with Crippen molar-refractivity contribution in [3.63, 3.8) is 0 Å². The van der Waals surface area contributed by atoms with E-state index in [2.05, 4.69) is 26.0 Å². The average molecular weight is 312 g/mol. The third kappa shape index (κ3) is 9.21. The second-order valence-electron chi connectivity index (χ2n) is 5.83. The summed E-state index contributed by atoms with van der Waals surface area (Å²) in [7, 11) is 0. The van der Waals surface area contributed by atoms with Crippen LogP contribution < -0.4 is 0 Å². The lowest BCUT2D eigenvalue weighted by Gasteiger charge is -2.11. The van der Waals surface area contributed by atoms with Crippen LogP contribution in [0.3, 0.4) is 0 Å². The van der Waals surface area contributed by atoms with E-state index in [9.17, 15) is 4.79 Å². The van der Waals surface area contributed by atoms with Crippen molar-refractivity contribution < 1.29 is 19.0 Å². The molecule has 0 spiro atoms. The second-order valence-corrected chi connectivity index (χ2v) is 5.83. The zero-order chi connectivity index (χ0) is 16.0. The molecule has 1 heterocycles. The minimum Gasteiger partial charge on any atom is -0.463 e. The van der Waals surface area contributed by atoms with Crippen molar-refractivity contribution in [2.24, 2.45) is 0 Å². The van der Waals surface area contributed by atoms with E-state index in [0.717, 1.165) is 32.1 Å². The van der Waals surface area contributed by atoms with Gasteiger partial charge >= 0.3 is 5.97 Å². The molecule has 1 fully saturated rings. The number of hydrogen-bond donors (Lipinski definition) is 0. The average Bonchev–Trinajstić information content (AvgIpc) is 2.97. The fourth-order valence-corrected chi connectivity index (χ4v) is 2.39. The molecule has 1 rings (SSSR count). The van der Waals surface area contributed by atoms with Gasteiger partial charge in [0.05, 0.1) is 6.61 Å². The van der Waals surface area contributed by atoms with Crippen LogP contribution in [0, 0.1) is 0 Å². The molecule has 0 aromatic heterocycles. The molecule has 0 N–H and O–H groups in total. The van der Waals surface area contributed by atoms with E-state index >= 15 is 0 Å². The molecule has 0 aromatic carbocycles. The minimum atomic E-state index is -0.153. The van der Waals surface area contributed by atoms with E-state index in [1.807, 2.05) is 0 Å². The Kier molecular flexibility index (Phi) is 11.0. The van der Waals surface area contributed by atoms with Gasteiger partial charge in [-0.25, -0.2) is 0 Å². The Labute approximate surface area is 135 Å². The van der Waals surface area contributed by atoms with Crippen LogP contribution in [0.1, 0.15) is 71.6 Å². The molecule has 0 aromatic rings. The molecule has 1 aliphatic heterocycles. The third-order valence-corrected chi connectivity index (χ3v) is 3.70. The van der Waals surface area contributed by atoms with Gasteiger partial charge in [0.1, 0.15) is 12.7 Å². The monoisotopic (exact) mass is 312 g/mol. The zero-order valence-corrected chi connectivity index (χ0v) is 14.2. The number of allylic oxidation sites excluding steroid dienone is 2. The molecule has 0 radical (unpaired) electrons. The summed E-state index contributed by atoms with van der Waals surface area (Å²) in [5.74, 6) is -0.116. The molecule has 4 heteroatoms. The fraction of sp³-hybridized carbons (Fsp3) is 0.833. The van der Waals surface area contributed by atoms with Crippen LogP contribution in [-0.2, 0) is 19.0 Å². The van der Waals surface area contributed by atoms with Crippen LogP contribution in [0.4, 0.5) is 0 Å². The molecular formula is C18H32O4. The molecule has 4 nitrogen and oxygen atoms in total. The molecule has 0 aliphatic carbocycles. The number of carbonyl (C=O) groups excluding carboxylic acids is 1. The van der Waals surface area contributed by atoms with Crippen molar-refractivity contribution in [2.75, 3.05) is 13.2 Å². The van der Waals surface area contributed by atoms with Gasteiger partial charge in [-0.3, -0.25) is 4.79 Å². The number of unbranched alkanes of at least 4 members (excludes halogenated alkanes) is 4. The molecule has 22 heavy (non-hydrogen) atoms. The van der Waals surface area contributed by atoms with Crippen LogP contribution >= 0.6 is 0 Å². The predicted octanol–water partition coefficient (Wildman–Crippen LogP) is 4.38. The Morgan fingerprint density at radius 3 is 2.77 bits per heavy atom. The topological polar surface area (TPSA) is 44.8 Å². The normalized spacial score (nSPS) is 21.5. The maximum absolute atomic E-state index is 11.6. The number of carbonyl (C=O) groups is 1. The van der Waals surface area contributed by atoms with Gasteiger partial charge in [-0.2, -0.15) is 0 Å². The largest absolute Gasteiger partial charge is 0.463 e. The summed E-state index contributed by atoms with van der Waals surface area (Å²) in [6.45, 7) is 5.14. The summed E-state index contributed by atoms with van der Waals surface area (Å²) in [5.41, 5.74) is 0. The maximum atomic E-state index is 11.6. The number of rotatable bonds is 12. The molecule has 2 atom stereocenters. The first-order valence-corrected chi connectivity index (χ1v) is 8.84. The smallest absolute Gasteiger partial charge is 0.305 e. The van der Waals surface area contributed by atoms with Crippen molar-refractivity contribution in [2.45, 2.75) is 84.0 Å². The van der Waals surface area contributed by atoms with Gasteiger partial charge in [-0.1, -0.05) is 51.7 Å². The van der Waals surface area contributed by atoms with Gasteiger partial charge in [0.25, 0.3) is 0 Å². The standard InChI is InChI=1S/C18H32O4/c1-3-5-7-9-10-12-17(19)20-14-16-15-21-18(22-16)13-11-8-6-4-2/h6,8,16,18H,3-5,7,9-15H2,1-2H3/b8-6-. The van der Waals surface area contributed by atoms with Gasteiger partial charge in [0, 0.05) is 12.8 Å². The van der Waals surface area contributed by atoms with Crippen molar-refractivity contribution in [1.82, 2.24) is 0 Å².